The summed E-state index contributed by atoms with van der Waals surface area (Å²) in [6.45, 7) is 8.93. The Kier molecular flexibility index (Phi) is 4.21. The molecule has 1 saturated heterocycles. The first kappa shape index (κ1) is 14.7. The first-order valence-corrected chi connectivity index (χ1v) is 7.05. The van der Waals surface area contributed by atoms with E-state index in [4.69, 9.17) is 9.47 Å². The summed E-state index contributed by atoms with van der Waals surface area (Å²) in [6, 6.07) is 7.94. The van der Waals surface area contributed by atoms with Crippen LogP contribution in [0, 0.1) is 6.92 Å². The number of benzene rings is 1. The van der Waals surface area contributed by atoms with E-state index in [1.807, 2.05) is 52.0 Å². The molecule has 0 saturated carbocycles. The van der Waals surface area contributed by atoms with Crippen LogP contribution in [-0.4, -0.2) is 35.8 Å². The van der Waals surface area contributed by atoms with Crippen LogP contribution in [0.1, 0.15) is 32.8 Å². The van der Waals surface area contributed by atoms with E-state index in [1.165, 1.54) is 0 Å². The van der Waals surface area contributed by atoms with Crippen LogP contribution in [0.25, 0.3) is 0 Å². The van der Waals surface area contributed by atoms with Gasteiger partial charge in [-0.25, -0.2) is 4.79 Å². The predicted octanol–water partition coefficient (Wildman–Crippen LogP) is 3.38. The van der Waals surface area contributed by atoms with Gasteiger partial charge in [-0.1, -0.05) is 18.2 Å². The standard InChI is InChI=1S/C16H23NO3/c1-12-7-5-6-8-14(12)19-13-9-10-17(11-13)15(18)20-16(2,3)4/h5-8,13H,9-11H2,1-4H3/t13-/m0/s1. The summed E-state index contributed by atoms with van der Waals surface area (Å²) < 4.78 is 11.3. The molecule has 1 amide bonds. The lowest BCUT2D eigenvalue weighted by Gasteiger charge is -2.24. The first-order valence-electron chi connectivity index (χ1n) is 7.05. The molecule has 0 unspecified atom stereocenters. The number of aryl methyl sites for hydroxylation is 1. The van der Waals surface area contributed by atoms with Crippen LogP contribution in [0.2, 0.25) is 0 Å². The van der Waals surface area contributed by atoms with E-state index >= 15 is 0 Å². The zero-order valence-corrected chi connectivity index (χ0v) is 12.7. The second-order valence-electron chi connectivity index (χ2n) is 6.22. The topological polar surface area (TPSA) is 38.8 Å². The van der Waals surface area contributed by atoms with Crippen LogP contribution >= 0.6 is 0 Å². The van der Waals surface area contributed by atoms with E-state index in [-0.39, 0.29) is 12.2 Å². The van der Waals surface area contributed by atoms with Crippen LogP contribution in [0.4, 0.5) is 4.79 Å². The van der Waals surface area contributed by atoms with Gasteiger partial charge in [0, 0.05) is 13.0 Å². The highest BCUT2D eigenvalue weighted by atomic mass is 16.6. The molecular weight excluding hydrogens is 254 g/mol. The monoisotopic (exact) mass is 277 g/mol. The Labute approximate surface area is 120 Å². The maximum Gasteiger partial charge on any atom is 0.410 e. The molecule has 0 aliphatic carbocycles. The fourth-order valence-corrected chi connectivity index (χ4v) is 2.18. The second kappa shape index (κ2) is 5.73. The molecule has 20 heavy (non-hydrogen) atoms. The third-order valence-corrected chi connectivity index (χ3v) is 3.18. The molecule has 4 nitrogen and oxygen atoms in total. The first-order chi connectivity index (χ1) is 9.35. The molecule has 0 N–H and O–H groups in total. The Morgan fingerprint density at radius 1 is 1.30 bits per heavy atom. The molecule has 2 rings (SSSR count). The maximum atomic E-state index is 12.0. The summed E-state index contributed by atoms with van der Waals surface area (Å²) >= 11 is 0. The number of ether oxygens (including phenoxy) is 2. The van der Waals surface area contributed by atoms with Crippen molar-refractivity contribution in [2.75, 3.05) is 13.1 Å². The smallest absolute Gasteiger partial charge is 0.410 e. The van der Waals surface area contributed by atoms with Crippen molar-refractivity contribution >= 4 is 6.09 Å². The Morgan fingerprint density at radius 2 is 2.00 bits per heavy atom. The number of carbonyl (C=O) groups excluding carboxylic acids is 1. The molecule has 4 heteroatoms. The third-order valence-electron chi connectivity index (χ3n) is 3.18. The normalized spacial score (nSPS) is 19.0. The summed E-state index contributed by atoms with van der Waals surface area (Å²) in [4.78, 5) is 13.7. The molecule has 1 aliphatic heterocycles. The Balaban J connectivity index is 1.90. The van der Waals surface area contributed by atoms with Crippen molar-refractivity contribution in [3.05, 3.63) is 29.8 Å². The van der Waals surface area contributed by atoms with Crippen LogP contribution < -0.4 is 4.74 Å². The Morgan fingerprint density at radius 3 is 2.65 bits per heavy atom. The number of hydrogen-bond donors (Lipinski definition) is 0. The summed E-state index contributed by atoms with van der Waals surface area (Å²) in [5, 5.41) is 0. The lowest BCUT2D eigenvalue weighted by atomic mass is 10.2. The van der Waals surface area contributed by atoms with E-state index in [1.54, 1.807) is 4.90 Å². The van der Waals surface area contributed by atoms with Crippen molar-refractivity contribution in [3.63, 3.8) is 0 Å². The molecule has 0 spiro atoms. The number of carbonyl (C=O) groups is 1. The SMILES string of the molecule is Cc1ccccc1O[C@H]1CCN(C(=O)OC(C)(C)C)C1. The minimum Gasteiger partial charge on any atom is -0.488 e. The van der Waals surface area contributed by atoms with Crippen molar-refractivity contribution < 1.29 is 14.3 Å². The number of amides is 1. The van der Waals surface area contributed by atoms with Gasteiger partial charge >= 0.3 is 6.09 Å². The van der Waals surface area contributed by atoms with Crippen molar-refractivity contribution in [1.82, 2.24) is 4.90 Å². The molecule has 1 atom stereocenters. The highest BCUT2D eigenvalue weighted by Crippen LogP contribution is 2.22. The molecule has 1 aliphatic rings. The fourth-order valence-electron chi connectivity index (χ4n) is 2.18. The highest BCUT2D eigenvalue weighted by Gasteiger charge is 2.30. The highest BCUT2D eigenvalue weighted by molar-refractivity contribution is 5.68. The van der Waals surface area contributed by atoms with Crippen LogP contribution in [0.5, 0.6) is 5.75 Å². The average molecular weight is 277 g/mol. The van der Waals surface area contributed by atoms with Gasteiger partial charge in [-0.3, -0.25) is 0 Å². The van der Waals surface area contributed by atoms with Gasteiger partial charge in [-0.15, -0.1) is 0 Å². The van der Waals surface area contributed by atoms with Gasteiger partial charge in [0.15, 0.2) is 0 Å². The zero-order chi connectivity index (χ0) is 14.8. The van der Waals surface area contributed by atoms with Crippen molar-refractivity contribution in [2.24, 2.45) is 0 Å². The summed E-state index contributed by atoms with van der Waals surface area (Å²) in [5.74, 6) is 0.892. The molecule has 1 aromatic carbocycles. The molecule has 1 aromatic rings. The Bertz CT molecular complexity index is 479. The van der Waals surface area contributed by atoms with Gasteiger partial charge < -0.3 is 14.4 Å². The maximum absolute atomic E-state index is 12.0. The second-order valence-corrected chi connectivity index (χ2v) is 6.22. The zero-order valence-electron chi connectivity index (χ0n) is 12.7. The molecular formula is C16H23NO3. The van der Waals surface area contributed by atoms with Crippen LogP contribution in [-0.2, 0) is 4.74 Å². The van der Waals surface area contributed by atoms with Crippen LogP contribution in [0.15, 0.2) is 24.3 Å². The van der Waals surface area contributed by atoms with Gasteiger partial charge in [0.05, 0.1) is 6.54 Å². The Hall–Kier alpha value is -1.71. The van der Waals surface area contributed by atoms with E-state index < -0.39 is 5.60 Å². The van der Waals surface area contributed by atoms with E-state index in [9.17, 15) is 4.79 Å². The molecule has 110 valence electrons. The predicted molar refractivity (Wildman–Crippen MR) is 78.0 cm³/mol. The van der Waals surface area contributed by atoms with E-state index in [0.29, 0.717) is 13.1 Å². The lowest BCUT2D eigenvalue weighted by Crippen LogP contribution is -2.36. The largest absolute Gasteiger partial charge is 0.488 e. The summed E-state index contributed by atoms with van der Waals surface area (Å²) in [5.41, 5.74) is 0.662. The van der Waals surface area contributed by atoms with Crippen molar-refractivity contribution in [1.29, 1.82) is 0 Å². The van der Waals surface area contributed by atoms with Crippen LogP contribution in [0.3, 0.4) is 0 Å². The van der Waals surface area contributed by atoms with Gasteiger partial charge in [-0.2, -0.15) is 0 Å². The summed E-state index contributed by atoms with van der Waals surface area (Å²) in [7, 11) is 0. The quantitative estimate of drug-likeness (QED) is 0.831. The number of rotatable bonds is 2. The third kappa shape index (κ3) is 3.89. The van der Waals surface area contributed by atoms with Crippen molar-refractivity contribution in [2.45, 2.75) is 45.8 Å². The summed E-state index contributed by atoms with van der Waals surface area (Å²) in [6.07, 6.45) is 0.630. The fraction of sp³-hybridized carbons (Fsp3) is 0.562. The van der Waals surface area contributed by atoms with E-state index in [2.05, 4.69) is 0 Å². The van der Waals surface area contributed by atoms with Gasteiger partial charge in [-0.05, 0) is 39.3 Å². The molecule has 0 aromatic heterocycles. The number of likely N-dealkylation sites (tertiary alicyclic amines) is 1. The molecule has 0 radical (unpaired) electrons. The minimum atomic E-state index is -0.452. The van der Waals surface area contributed by atoms with Gasteiger partial charge in [0.2, 0.25) is 0 Å². The molecule has 1 heterocycles. The van der Waals surface area contributed by atoms with Gasteiger partial charge in [0.25, 0.3) is 0 Å². The molecule has 1 fully saturated rings. The van der Waals surface area contributed by atoms with Crippen molar-refractivity contribution in [3.8, 4) is 5.75 Å². The van der Waals surface area contributed by atoms with Gasteiger partial charge in [0.1, 0.15) is 17.5 Å². The molecule has 0 bridgehead atoms. The number of hydrogen-bond acceptors (Lipinski definition) is 3. The van der Waals surface area contributed by atoms with E-state index in [0.717, 1.165) is 17.7 Å². The lowest BCUT2D eigenvalue weighted by molar-refractivity contribution is 0.0275. The number of para-hydroxylation sites is 1. The number of nitrogens with zero attached hydrogens (tertiary/aromatic N) is 1. The minimum absolute atomic E-state index is 0.0450. The average Bonchev–Trinajstić information content (AvgIpc) is 2.79.